The maximum absolute atomic E-state index is 12.2. The summed E-state index contributed by atoms with van der Waals surface area (Å²) >= 11 is 0. The number of aliphatic imine (C=N–C) groups is 1. The van der Waals surface area contributed by atoms with Crippen LogP contribution in [0.25, 0.3) is 5.70 Å². The molecule has 0 aliphatic carbocycles. The predicted octanol–water partition coefficient (Wildman–Crippen LogP) is -0.342. The van der Waals surface area contributed by atoms with Gasteiger partial charge in [0.25, 0.3) is 0 Å². The summed E-state index contributed by atoms with van der Waals surface area (Å²) in [6.07, 6.45) is 8.12. The van der Waals surface area contributed by atoms with Gasteiger partial charge in [0.15, 0.2) is 0 Å². The monoisotopic (exact) mass is 314 g/mol. The average molecular weight is 314 g/mol. The summed E-state index contributed by atoms with van der Waals surface area (Å²) in [6.45, 7) is 1.86. The van der Waals surface area contributed by atoms with Crippen LogP contribution >= 0.6 is 0 Å². The van der Waals surface area contributed by atoms with Crippen LogP contribution in [0.4, 0.5) is 5.95 Å². The number of hydrogen-bond donors (Lipinski definition) is 4. The molecule has 1 amide bonds. The zero-order valence-electron chi connectivity index (χ0n) is 12.6. The minimum absolute atomic E-state index is 0.120. The lowest BCUT2D eigenvalue weighted by atomic mass is 9.84. The lowest BCUT2D eigenvalue weighted by Crippen LogP contribution is -2.48. The van der Waals surface area contributed by atoms with Crippen molar-refractivity contribution in [2.75, 3.05) is 12.3 Å². The van der Waals surface area contributed by atoms with Gasteiger partial charge in [-0.1, -0.05) is 12.2 Å². The van der Waals surface area contributed by atoms with E-state index in [4.69, 9.17) is 5.73 Å². The normalized spacial score (nSPS) is 26.1. The predicted molar refractivity (Wildman–Crippen MR) is 85.8 cm³/mol. The zero-order chi connectivity index (χ0) is 16.4. The highest BCUT2D eigenvalue weighted by atomic mass is 16.3. The van der Waals surface area contributed by atoms with Crippen LogP contribution < -0.4 is 16.4 Å². The van der Waals surface area contributed by atoms with Crippen molar-refractivity contribution >= 4 is 23.4 Å². The molecular weight excluding hydrogens is 296 g/mol. The summed E-state index contributed by atoms with van der Waals surface area (Å²) in [4.78, 5) is 24.5. The summed E-state index contributed by atoms with van der Waals surface area (Å²) in [5.74, 6) is 0.0377. The molecule has 5 N–H and O–H groups in total. The number of nitrogen functional groups attached to an aromatic ring is 1. The number of fused-ring (bicyclic) bond motifs is 1. The Morgan fingerprint density at radius 2 is 2.17 bits per heavy atom. The molecule has 120 valence electrons. The minimum atomic E-state index is -0.584. The van der Waals surface area contributed by atoms with E-state index in [-0.39, 0.29) is 24.3 Å². The van der Waals surface area contributed by atoms with Crippen molar-refractivity contribution in [3.8, 4) is 0 Å². The van der Waals surface area contributed by atoms with Crippen LogP contribution in [0.1, 0.15) is 12.5 Å². The highest BCUT2D eigenvalue weighted by Gasteiger charge is 2.36. The van der Waals surface area contributed by atoms with E-state index in [1.165, 1.54) is 0 Å². The molecule has 3 heterocycles. The van der Waals surface area contributed by atoms with Crippen LogP contribution in [0.3, 0.4) is 0 Å². The molecule has 23 heavy (non-hydrogen) atoms. The molecule has 3 unspecified atom stereocenters. The summed E-state index contributed by atoms with van der Waals surface area (Å²) in [6, 6.07) is 0. The Kier molecular flexibility index (Phi) is 4.07. The van der Waals surface area contributed by atoms with Gasteiger partial charge in [0.1, 0.15) is 11.8 Å². The van der Waals surface area contributed by atoms with Gasteiger partial charge in [0, 0.05) is 35.8 Å². The molecule has 0 bridgehead atoms. The number of hydrogen-bond acceptors (Lipinski definition) is 6. The van der Waals surface area contributed by atoms with Gasteiger partial charge < -0.3 is 21.5 Å². The quantitative estimate of drug-likeness (QED) is 0.605. The second-order valence-electron chi connectivity index (χ2n) is 5.53. The first-order valence-corrected chi connectivity index (χ1v) is 7.31. The van der Waals surface area contributed by atoms with Gasteiger partial charge >= 0.3 is 0 Å². The van der Waals surface area contributed by atoms with Crippen LogP contribution in [0.2, 0.25) is 0 Å². The number of amides is 1. The zero-order valence-corrected chi connectivity index (χ0v) is 12.6. The highest BCUT2D eigenvalue weighted by molar-refractivity contribution is 6.09. The maximum Gasteiger partial charge on any atom is 0.235 e. The molecule has 8 heteroatoms. The second-order valence-corrected chi connectivity index (χ2v) is 5.53. The van der Waals surface area contributed by atoms with Crippen LogP contribution in [-0.4, -0.2) is 39.5 Å². The molecule has 2 aliphatic rings. The van der Waals surface area contributed by atoms with E-state index in [0.717, 1.165) is 11.3 Å². The molecule has 0 radical (unpaired) electrons. The fourth-order valence-corrected chi connectivity index (χ4v) is 2.54. The molecule has 0 saturated carbocycles. The van der Waals surface area contributed by atoms with E-state index in [2.05, 4.69) is 25.6 Å². The smallest absolute Gasteiger partial charge is 0.235 e. The van der Waals surface area contributed by atoms with Crippen LogP contribution in [0, 0.1) is 11.8 Å². The summed E-state index contributed by atoms with van der Waals surface area (Å²) in [5.41, 5.74) is 7.02. The Balaban J connectivity index is 1.97. The van der Waals surface area contributed by atoms with Crippen molar-refractivity contribution in [2.24, 2.45) is 16.8 Å². The molecule has 0 aromatic carbocycles. The molecular formula is C15H18N6O2. The highest BCUT2D eigenvalue weighted by Crippen LogP contribution is 2.28. The Labute approximate surface area is 133 Å². The van der Waals surface area contributed by atoms with Gasteiger partial charge in [-0.15, -0.1) is 0 Å². The molecule has 0 saturated heterocycles. The van der Waals surface area contributed by atoms with Crippen LogP contribution in [-0.2, 0) is 4.79 Å². The summed E-state index contributed by atoms with van der Waals surface area (Å²) in [7, 11) is 0. The second kappa shape index (κ2) is 6.17. The molecule has 1 aromatic heterocycles. The molecule has 8 nitrogen and oxygen atoms in total. The fourth-order valence-electron chi connectivity index (χ4n) is 2.54. The van der Waals surface area contributed by atoms with Crippen molar-refractivity contribution < 1.29 is 9.90 Å². The van der Waals surface area contributed by atoms with Crippen molar-refractivity contribution in [2.45, 2.75) is 13.0 Å². The standard InChI is InChI=1S/C15H18N6O2/c1-8(22)5-18-13-12-9(2-3-17-14(12)23)4-11(21-13)10-6-19-15(16)20-7-10/h2-4,6-9,12,22H,5H2,1H3,(H,17,23)(H,18,21)(H2,16,19,20). The third-order valence-corrected chi connectivity index (χ3v) is 3.64. The largest absolute Gasteiger partial charge is 0.391 e. The number of aliphatic hydroxyl groups is 1. The topological polar surface area (TPSA) is 126 Å². The molecule has 1 aromatic rings. The first-order valence-electron chi connectivity index (χ1n) is 7.31. The van der Waals surface area contributed by atoms with E-state index in [1.807, 2.05) is 12.2 Å². The number of aliphatic hydroxyl groups excluding tert-OH is 1. The molecule has 0 spiro atoms. The number of carbonyl (C=O) groups excluding carboxylic acids is 1. The number of amidine groups is 1. The lowest BCUT2D eigenvalue weighted by Gasteiger charge is -2.32. The van der Waals surface area contributed by atoms with Gasteiger partial charge in [0.05, 0.1) is 12.6 Å². The van der Waals surface area contributed by atoms with Crippen LogP contribution in [0.5, 0.6) is 0 Å². The Bertz CT molecular complexity index is 692. The Morgan fingerprint density at radius 3 is 2.87 bits per heavy atom. The minimum Gasteiger partial charge on any atom is -0.391 e. The van der Waals surface area contributed by atoms with Crippen LogP contribution in [0.15, 0.2) is 35.7 Å². The first-order chi connectivity index (χ1) is 11.0. The first kappa shape index (κ1) is 15.2. The van der Waals surface area contributed by atoms with E-state index < -0.39 is 12.0 Å². The maximum atomic E-state index is 12.2. The van der Waals surface area contributed by atoms with Gasteiger partial charge in [-0.3, -0.25) is 9.79 Å². The van der Waals surface area contributed by atoms with E-state index in [9.17, 15) is 9.90 Å². The fraction of sp³-hybridized carbons (Fsp3) is 0.333. The number of allylic oxidation sites excluding steroid dienone is 2. The summed E-state index contributed by atoms with van der Waals surface area (Å²) in [5, 5.41) is 15.3. The molecule has 3 atom stereocenters. The van der Waals surface area contributed by atoms with Gasteiger partial charge in [-0.2, -0.15) is 0 Å². The average Bonchev–Trinajstić information content (AvgIpc) is 2.53. The van der Waals surface area contributed by atoms with Crippen molar-refractivity contribution in [1.29, 1.82) is 0 Å². The number of anilines is 1. The molecule has 0 fully saturated rings. The van der Waals surface area contributed by atoms with E-state index >= 15 is 0 Å². The molecule has 3 rings (SSSR count). The number of aromatic nitrogens is 2. The lowest BCUT2D eigenvalue weighted by molar-refractivity contribution is -0.123. The van der Waals surface area contributed by atoms with E-state index in [0.29, 0.717) is 5.84 Å². The molecule has 2 aliphatic heterocycles. The van der Waals surface area contributed by atoms with Gasteiger partial charge in [0.2, 0.25) is 11.9 Å². The van der Waals surface area contributed by atoms with E-state index in [1.54, 1.807) is 25.5 Å². The Morgan fingerprint density at radius 1 is 1.43 bits per heavy atom. The van der Waals surface area contributed by atoms with Gasteiger partial charge in [-0.05, 0) is 6.92 Å². The Hall–Kier alpha value is -2.74. The van der Waals surface area contributed by atoms with Gasteiger partial charge in [-0.25, -0.2) is 9.97 Å². The number of nitrogens with zero attached hydrogens (tertiary/aromatic N) is 3. The number of nitrogens with two attached hydrogens (primary N) is 1. The van der Waals surface area contributed by atoms with Crippen molar-refractivity contribution in [3.63, 3.8) is 0 Å². The number of rotatable bonds is 3. The summed E-state index contributed by atoms with van der Waals surface area (Å²) < 4.78 is 0. The third-order valence-electron chi connectivity index (χ3n) is 3.64. The number of carbonyl (C=O) groups is 1. The number of nitrogens with one attached hydrogen (secondary N) is 2. The van der Waals surface area contributed by atoms with Crippen molar-refractivity contribution in [3.05, 3.63) is 36.3 Å². The SMILES string of the molecule is CC(O)CN=C1NC(c2cnc(N)nc2)=CC2C=CNC(=O)C12. The third kappa shape index (κ3) is 3.21. The van der Waals surface area contributed by atoms with Crippen molar-refractivity contribution in [1.82, 2.24) is 20.6 Å².